The highest BCUT2D eigenvalue weighted by Crippen LogP contribution is 2.46. The van der Waals surface area contributed by atoms with Gasteiger partial charge in [-0.1, -0.05) is 71.9 Å². The molecule has 0 heterocycles. The van der Waals surface area contributed by atoms with E-state index in [-0.39, 0.29) is 10.8 Å². The molecule has 0 N–H and O–H groups in total. The highest BCUT2D eigenvalue weighted by Gasteiger charge is 2.32. The van der Waals surface area contributed by atoms with Gasteiger partial charge in [0.25, 0.3) is 0 Å². The summed E-state index contributed by atoms with van der Waals surface area (Å²) in [6, 6.07) is 2.24. The van der Waals surface area contributed by atoms with Gasteiger partial charge in [-0.05, 0) is 28.9 Å². The van der Waals surface area contributed by atoms with Crippen molar-refractivity contribution in [3.05, 3.63) is 52.6 Å². The Morgan fingerprint density at radius 1 is 0.955 bits per heavy atom. The van der Waals surface area contributed by atoms with Crippen LogP contribution in [0.15, 0.2) is 30.4 Å². The van der Waals surface area contributed by atoms with Gasteiger partial charge in [-0.3, -0.25) is 0 Å². The lowest BCUT2D eigenvalue weighted by atomic mass is 9.73. The third kappa shape index (κ3) is 3.10. The quantitative estimate of drug-likeness (QED) is 0.619. The molecule has 0 spiro atoms. The van der Waals surface area contributed by atoms with Crippen molar-refractivity contribution >= 4 is 11.9 Å². The van der Waals surface area contributed by atoms with Crippen molar-refractivity contribution in [1.82, 2.24) is 0 Å². The molecule has 120 valence electrons. The number of hydrogen-bond donors (Lipinski definition) is 0. The summed E-state index contributed by atoms with van der Waals surface area (Å²) in [5.74, 6) is 1.13. The molecular formula is C20H27ClO. The zero-order valence-corrected chi connectivity index (χ0v) is 15.5. The molecule has 2 heteroatoms. The first-order valence-electron chi connectivity index (χ1n) is 7.89. The summed E-state index contributed by atoms with van der Waals surface area (Å²) in [5.41, 5.74) is 4.94. The van der Waals surface area contributed by atoms with E-state index in [2.05, 4.69) is 78.8 Å². The Labute approximate surface area is 140 Å². The standard InChI is InChI=1S/C20H27ClO/c1-13-12-15(19(2,3)4)18(22-21)17(20(5,6)7)16(13)14-10-8-9-11-14/h8-12,14H,1-7H3. The predicted molar refractivity (Wildman–Crippen MR) is 96.1 cm³/mol. The number of allylic oxidation sites excluding steroid dienone is 4. The number of aryl methyl sites for hydroxylation is 1. The third-order valence-electron chi connectivity index (χ3n) is 4.24. The zero-order valence-electron chi connectivity index (χ0n) is 14.8. The van der Waals surface area contributed by atoms with Crippen LogP contribution in [0, 0.1) is 6.92 Å². The molecule has 0 saturated heterocycles. The molecular weight excluding hydrogens is 292 g/mol. The van der Waals surface area contributed by atoms with Crippen LogP contribution in [-0.2, 0) is 10.8 Å². The van der Waals surface area contributed by atoms with Crippen molar-refractivity contribution in [2.24, 2.45) is 0 Å². The van der Waals surface area contributed by atoms with Gasteiger partial charge in [0.05, 0.1) is 0 Å². The van der Waals surface area contributed by atoms with Crippen LogP contribution in [0.5, 0.6) is 5.75 Å². The first-order valence-corrected chi connectivity index (χ1v) is 8.20. The average molecular weight is 319 g/mol. The van der Waals surface area contributed by atoms with E-state index in [9.17, 15) is 0 Å². The second kappa shape index (κ2) is 5.77. The molecule has 0 unspecified atom stereocenters. The summed E-state index contributed by atoms with van der Waals surface area (Å²) in [4.78, 5) is 0. The van der Waals surface area contributed by atoms with Crippen molar-refractivity contribution in [2.75, 3.05) is 0 Å². The summed E-state index contributed by atoms with van der Waals surface area (Å²) in [5, 5.41) is 0. The fourth-order valence-corrected chi connectivity index (χ4v) is 3.41. The fraction of sp³-hybridized carbons (Fsp3) is 0.500. The van der Waals surface area contributed by atoms with Crippen molar-refractivity contribution in [3.63, 3.8) is 0 Å². The molecule has 0 aromatic heterocycles. The molecule has 0 bridgehead atoms. The van der Waals surface area contributed by atoms with Gasteiger partial charge in [0, 0.05) is 17.0 Å². The summed E-state index contributed by atoms with van der Waals surface area (Å²) >= 11 is 5.94. The molecule has 2 rings (SSSR count). The first-order chi connectivity index (χ1) is 10.1. The van der Waals surface area contributed by atoms with E-state index in [4.69, 9.17) is 16.2 Å². The molecule has 1 aliphatic rings. The number of halogens is 1. The average Bonchev–Trinajstić information content (AvgIpc) is 2.88. The maximum atomic E-state index is 5.94. The Bertz CT molecular complexity index is 613. The lowest BCUT2D eigenvalue weighted by molar-refractivity contribution is 0.496. The Balaban J connectivity index is 2.85. The van der Waals surface area contributed by atoms with Crippen LogP contribution in [0.25, 0.3) is 0 Å². The summed E-state index contributed by atoms with van der Waals surface area (Å²) in [6.07, 6.45) is 8.67. The van der Waals surface area contributed by atoms with E-state index in [0.717, 1.165) is 5.75 Å². The Kier molecular flexibility index (Phi) is 4.50. The second-order valence-electron chi connectivity index (χ2n) is 8.23. The Hall–Kier alpha value is -1.21. The first kappa shape index (κ1) is 17.1. The van der Waals surface area contributed by atoms with Gasteiger partial charge in [0.1, 0.15) is 11.9 Å². The van der Waals surface area contributed by atoms with Gasteiger partial charge in [-0.2, -0.15) is 0 Å². The van der Waals surface area contributed by atoms with Crippen LogP contribution < -0.4 is 4.29 Å². The summed E-state index contributed by atoms with van der Waals surface area (Å²) < 4.78 is 5.41. The normalized spacial score (nSPS) is 15.6. The zero-order chi connectivity index (χ0) is 16.7. The minimum absolute atomic E-state index is 0.0190. The Morgan fingerprint density at radius 2 is 1.50 bits per heavy atom. The highest BCUT2D eigenvalue weighted by atomic mass is 35.5. The maximum Gasteiger partial charge on any atom is 0.154 e. The van der Waals surface area contributed by atoms with Crippen LogP contribution >= 0.6 is 11.9 Å². The molecule has 1 nitrogen and oxygen atoms in total. The van der Waals surface area contributed by atoms with Gasteiger partial charge < -0.3 is 4.29 Å². The molecule has 1 aliphatic carbocycles. The minimum Gasteiger partial charge on any atom is -0.385 e. The van der Waals surface area contributed by atoms with Crippen LogP contribution in [-0.4, -0.2) is 0 Å². The SMILES string of the molecule is Cc1cc(C(C)(C)C)c(OCl)c(C(C)(C)C)c1C1C=CC=C1. The molecule has 0 radical (unpaired) electrons. The largest absolute Gasteiger partial charge is 0.385 e. The van der Waals surface area contributed by atoms with E-state index < -0.39 is 0 Å². The molecule has 22 heavy (non-hydrogen) atoms. The third-order valence-corrected chi connectivity index (χ3v) is 4.40. The van der Waals surface area contributed by atoms with Crippen LogP contribution in [0.3, 0.4) is 0 Å². The number of hydrogen-bond acceptors (Lipinski definition) is 1. The van der Waals surface area contributed by atoms with Gasteiger partial charge in [-0.15, -0.1) is 0 Å². The smallest absolute Gasteiger partial charge is 0.154 e. The van der Waals surface area contributed by atoms with Crippen LogP contribution in [0.2, 0.25) is 0 Å². The maximum absolute atomic E-state index is 5.94. The molecule has 0 aliphatic heterocycles. The highest BCUT2D eigenvalue weighted by molar-refractivity contribution is 6.09. The Morgan fingerprint density at radius 3 is 1.91 bits per heavy atom. The molecule has 0 fully saturated rings. The molecule has 0 atom stereocenters. The van der Waals surface area contributed by atoms with Crippen molar-refractivity contribution < 1.29 is 4.29 Å². The lowest BCUT2D eigenvalue weighted by Crippen LogP contribution is -2.22. The van der Waals surface area contributed by atoms with Gasteiger partial charge in [-0.25, -0.2) is 0 Å². The molecule has 1 aromatic carbocycles. The van der Waals surface area contributed by atoms with Crippen molar-refractivity contribution in [3.8, 4) is 5.75 Å². The molecule has 0 saturated carbocycles. The summed E-state index contributed by atoms with van der Waals surface area (Å²) in [7, 11) is 0. The van der Waals surface area contributed by atoms with E-state index in [1.54, 1.807) is 0 Å². The van der Waals surface area contributed by atoms with Crippen molar-refractivity contribution in [2.45, 2.75) is 65.2 Å². The van der Waals surface area contributed by atoms with Crippen LogP contribution in [0.1, 0.15) is 69.7 Å². The molecule has 1 aromatic rings. The fourth-order valence-electron chi connectivity index (χ4n) is 3.25. The van der Waals surface area contributed by atoms with Gasteiger partial charge in [0.15, 0.2) is 5.75 Å². The number of benzene rings is 1. The predicted octanol–water partition coefficient (Wildman–Crippen LogP) is 6.33. The second-order valence-corrected chi connectivity index (χ2v) is 8.39. The van der Waals surface area contributed by atoms with E-state index in [1.165, 1.54) is 22.3 Å². The van der Waals surface area contributed by atoms with E-state index in [0.29, 0.717) is 5.92 Å². The van der Waals surface area contributed by atoms with Gasteiger partial charge in [0.2, 0.25) is 0 Å². The topological polar surface area (TPSA) is 9.23 Å². The lowest BCUT2D eigenvalue weighted by Gasteiger charge is -2.32. The number of rotatable bonds is 2. The molecule has 0 amide bonds. The minimum atomic E-state index is -0.0458. The van der Waals surface area contributed by atoms with Crippen LogP contribution in [0.4, 0.5) is 0 Å². The van der Waals surface area contributed by atoms with Crippen molar-refractivity contribution in [1.29, 1.82) is 0 Å². The summed E-state index contributed by atoms with van der Waals surface area (Å²) in [6.45, 7) is 15.4. The van der Waals surface area contributed by atoms with Gasteiger partial charge >= 0.3 is 0 Å². The van der Waals surface area contributed by atoms with E-state index >= 15 is 0 Å². The van der Waals surface area contributed by atoms with E-state index in [1.807, 2.05) is 0 Å². The monoisotopic (exact) mass is 318 g/mol.